The molecular formula is C21H26N4O2. The van der Waals surface area contributed by atoms with Gasteiger partial charge in [-0.3, -0.25) is 9.59 Å². The first-order chi connectivity index (χ1) is 13.0. The lowest BCUT2D eigenvalue weighted by Gasteiger charge is -2.37. The Labute approximate surface area is 160 Å². The number of anilines is 3. The van der Waals surface area contributed by atoms with Gasteiger partial charge in [0.05, 0.1) is 0 Å². The minimum atomic E-state index is -0.306. The van der Waals surface area contributed by atoms with Crippen LogP contribution in [0.3, 0.4) is 0 Å². The molecule has 0 radical (unpaired) electrons. The van der Waals surface area contributed by atoms with Crippen molar-refractivity contribution in [3.8, 4) is 0 Å². The number of amides is 2. The summed E-state index contributed by atoms with van der Waals surface area (Å²) < 4.78 is 0. The standard InChI is InChI=1S/C21H26N4O2/c1-16(22-18-8-10-19(11-9-18)23-17(2)26)21(27)25-14-12-24(13-15-25)20-6-4-3-5-7-20/h3-11,16,22H,12-15H2,1-2H3,(H,23,26). The average molecular weight is 366 g/mol. The zero-order valence-corrected chi connectivity index (χ0v) is 15.8. The molecule has 0 spiro atoms. The van der Waals surface area contributed by atoms with E-state index in [4.69, 9.17) is 0 Å². The Morgan fingerprint density at radius 2 is 1.48 bits per heavy atom. The average Bonchev–Trinajstić information content (AvgIpc) is 2.69. The van der Waals surface area contributed by atoms with Gasteiger partial charge in [-0.2, -0.15) is 0 Å². The zero-order valence-electron chi connectivity index (χ0n) is 15.8. The van der Waals surface area contributed by atoms with Crippen molar-refractivity contribution in [2.45, 2.75) is 19.9 Å². The van der Waals surface area contributed by atoms with Crippen LogP contribution in [0.15, 0.2) is 54.6 Å². The predicted molar refractivity (Wildman–Crippen MR) is 109 cm³/mol. The van der Waals surface area contributed by atoms with Crippen LogP contribution < -0.4 is 15.5 Å². The first-order valence-corrected chi connectivity index (χ1v) is 9.26. The lowest BCUT2D eigenvalue weighted by molar-refractivity contribution is -0.132. The summed E-state index contributed by atoms with van der Waals surface area (Å²) >= 11 is 0. The molecule has 2 aromatic rings. The van der Waals surface area contributed by atoms with Gasteiger partial charge in [0, 0.05) is 50.2 Å². The van der Waals surface area contributed by atoms with E-state index in [0.717, 1.165) is 37.6 Å². The van der Waals surface area contributed by atoms with Crippen LogP contribution in [-0.4, -0.2) is 48.9 Å². The topological polar surface area (TPSA) is 64.7 Å². The van der Waals surface area contributed by atoms with Crippen LogP contribution in [0.5, 0.6) is 0 Å². The van der Waals surface area contributed by atoms with Crippen LogP contribution in [0.25, 0.3) is 0 Å². The molecule has 0 saturated carbocycles. The molecule has 6 heteroatoms. The molecule has 0 bridgehead atoms. The van der Waals surface area contributed by atoms with Crippen molar-refractivity contribution < 1.29 is 9.59 Å². The highest BCUT2D eigenvalue weighted by molar-refractivity contribution is 5.89. The van der Waals surface area contributed by atoms with Crippen LogP contribution in [0.1, 0.15) is 13.8 Å². The predicted octanol–water partition coefficient (Wildman–Crippen LogP) is 2.79. The number of carbonyl (C=O) groups is 2. The molecule has 2 aromatic carbocycles. The third-order valence-electron chi connectivity index (χ3n) is 4.67. The highest BCUT2D eigenvalue weighted by Crippen LogP contribution is 2.18. The summed E-state index contributed by atoms with van der Waals surface area (Å²) in [5.74, 6) is 0.00236. The minimum absolute atomic E-state index is 0.103. The van der Waals surface area contributed by atoms with Crippen LogP contribution in [0.4, 0.5) is 17.1 Å². The first-order valence-electron chi connectivity index (χ1n) is 9.26. The van der Waals surface area contributed by atoms with Crippen molar-refractivity contribution >= 4 is 28.9 Å². The number of piperazine rings is 1. The molecule has 2 N–H and O–H groups in total. The van der Waals surface area contributed by atoms with E-state index in [2.05, 4.69) is 27.7 Å². The van der Waals surface area contributed by atoms with Gasteiger partial charge in [0.25, 0.3) is 0 Å². The normalized spacial score (nSPS) is 15.2. The second-order valence-electron chi connectivity index (χ2n) is 6.77. The minimum Gasteiger partial charge on any atom is -0.374 e. The van der Waals surface area contributed by atoms with Crippen LogP contribution in [-0.2, 0) is 9.59 Å². The molecule has 1 saturated heterocycles. The maximum Gasteiger partial charge on any atom is 0.244 e. The summed E-state index contributed by atoms with van der Waals surface area (Å²) in [5.41, 5.74) is 2.80. The van der Waals surface area contributed by atoms with Crippen molar-refractivity contribution in [3.05, 3.63) is 54.6 Å². The van der Waals surface area contributed by atoms with Gasteiger partial charge in [-0.15, -0.1) is 0 Å². The molecule has 1 atom stereocenters. The van der Waals surface area contributed by atoms with Gasteiger partial charge in [0.2, 0.25) is 11.8 Å². The summed E-state index contributed by atoms with van der Waals surface area (Å²) in [6.45, 7) is 6.49. The highest BCUT2D eigenvalue weighted by atomic mass is 16.2. The number of hydrogen-bond donors (Lipinski definition) is 2. The van der Waals surface area contributed by atoms with Crippen molar-refractivity contribution in [2.24, 2.45) is 0 Å². The lowest BCUT2D eigenvalue weighted by atomic mass is 10.2. The number of nitrogens with one attached hydrogen (secondary N) is 2. The Balaban J connectivity index is 1.51. The molecule has 1 heterocycles. The number of carbonyl (C=O) groups excluding carboxylic acids is 2. The molecule has 1 aliphatic heterocycles. The molecule has 0 aromatic heterocycles. The Bertz CT molecular complexity index is 769. The van der Waals surface area contributed by atoms with Crippen LogP contribution in [0.2, 0.25) is 0 Å². The fourth-order valence-corrected chi connectivity index (χ4v) is 3.26. The second kappa shape index (κ2) is 8.58. The SMILES string of the molecule is CC(=O)Nc1ccc(NC(C)C(=O)N2CCN(c3ccccc3)CC2)cc1. The maximum absolute atomic E-state index is 12.7. The van der Waals surface area contributed by atoms with Crippen molar-refractivity contribution in [1.82, 2.24) is 4.90 Å². The van der Waals surface area contributed by atoms with Gasteiger partial charge in [-0.05, 0) is 43.3 Å². The molecule has 1 unspecified atom stereocenters. The number of para-hydroxylation sites is 1. The number of benzene rings is 2. The van der Waals surface area contributed by atoms with E-state index in [1.165, 1.54) is 12.6 Å². The van der Waals surface area contributed by atoms with Gasteiger partial charge in [-0.1, -0.05) is 18.2 Å². The smallest absolute Gasteiger partial charge is 0.244 e. The maximum atomic E-state index is 12.7. The largest absolute Gasteiger partial charge is 0.374 e. The summed E-state index contributed by atoms with van der Waals surface area (Å²) in [6, 6.07) is 17.4. The van der Waals surface area contributed by atoms with E-state index in [1.807, 2.05) is 54.3 Å². The number of rotatable bonds is 5. The molecule has 1 fully saturated rings. The zero-order chi connectivity index (χ0) is 19.2. The lowest BCUT2D eigenvalue weighted by Crippen LogP contribution is -2.52. The Morgan fingerprint density at radius 3 is 2.07 bits per heavy atom. The molecule has 2 amide bonds. The molecule has 142 valence electrons. The van der Waals surface area contributed by atoms with Crippen LogP contribution in [0, 0.1) is 0 Å². The fourth-order valence-electron chi connectivity index (χ4n) is 3.26. The third kappa shape index (κ3) is 5.00. The van der Waals surface area contributed by atoms with Gasteiger partial charge in [0.1, 0.15) is 6.04 Å². The van der Waals surface area contributed by atoms with Gasteiger partial charge >= 0.3 is 0 Å². The summed E-state index contributed by atoms with van der Waals surface area (Å²) in [7, 11) is 0. The van der Waals surface area contributed by atoms with E-state index in [1.54, 1.807) is 0 Å². The summed E-state index contributed by atoms with van der Waals surface area (Å²) in [4.78, 5) is 28.0. The molecule has 0 aliphatic carbocycles. The molecular weight excluding hydrogens is 340 g/mol. The monoisotopic (exact) mass is 366 g/mol. The number of hydrogen-bond acceptors (Lipinski definition) is 4. The Morgan fingerprint density at radius 1 is 0.889 bits per heavy atom. The highest BCUT2D eigenvalue weighted by Gasteiger charge is 2.24. The van der Waals surface area contributed by atoms with Gasteiger partial charge in [0.15, 0.2) is 0 Å². The van der Waals surface area contributed by atoms with E-state index in [9.17, 15) is 9.59 Å². The first kappa shape index (κ1) is 18.8. The number of nitrogens with zero attached hydrogens (tertiary/aromatic N) is 2. The summed E-state index contributed by atoms with van der Waals surface area (Å²) in [5, 5.41) is 5.98. The van der Waals surface area contributed by atoms with Crippen molar-refractivity contribution in [1.29, 1.82) is 0 Å². The van der Waals surface area contributed by atoms with E-state index < -0.39 is 0 Å². The molecule has 1 aliphatic rings. The van der Waals surface area contributed by atoms with Gasteiger partial charge < -0.3 is 20.4 Å². The third-order valence-corrected chi connectivity index (χ3v) is 4.67. The quantitative estimate of drug-likeness (QED) is 0.854. The van der Waals surface area contributed by atoms with E-state index in [0.29, 0.717) is 0 Å². The van der Waals surface area contributed by atoms with Crippen molar-refractivity contribution in [3.63, 3.8) is 0 Å². The van der Waals surface area contributed by atoms with Crippen molar-refractivity contribution in [2.75, 3.05) is 41.7 Å². The van der Waals surface area contributed by atoms with E-state index >= 15 is 0 Å². The van der Waals surface area contributed by atoms with E-state index in [-0.39, 0.29) is 17.9 Å². The molecule has 3 rings (SSSR count). The second-order valence-corrected chi connectivity index (χ2v) is 6.77. The summed E-state index contributed by atoms with van der Waals surface area (Å²) in [6.07, 6.45) is 0. The Kier molecular flexibility index (Phi) is 5.96. The molecule has 27 heavy (non-hydrogen) atoms. The van der Waals surface area contributed by atoms with Crippen LogP contribution >= 0.6 is 0 Å². The Hall–Kier alpha value is -3.02. The molecule has 6 nitrogen and oxygen atoms in total. The van der Waals surface area contributed by atoms with Gasteiger partial charge in [-0.25, -0.2) is 0 Å². The fraction of sp³-hybridized carbons (Fsp3) is 0.333.